The molecule has 0 aliphatic carbocycles. The summed E-state index contributed by atoms with van der Waals surface area (Å²) in [5.41, 5.74) is 1.05. The van der Waals surface area contributed by atoms with E-state index in [4.69, 9.17) is 14.2 Å². The van der Waals surface area contributed by atoms with Crippen molar-refractivity contribution in [2.75, 3.05) is 26.6 Å². The summed E-state index contributed by atoms with van der Waals surface area (Å²) < 4.78 is 44.6. The summed E-state index contributed by atoms with van der Waals surface area (Å²) in [6.07, 6.45) is 2.88. The number of ether oxygens (including phenoxy) is 3. The van der Waals surface area contributed by atoms with Gasteiger partial charge in [0.2, 0.25) is 0 Å². The molecular formula is C22H21IN4O5S. The maximum absolute atomic E-state index is 13.2. The van der Waals surface area contributed by atoms with Gasteiger partial charge in [0.1, 0.15) is 29.4 Å². The number of nitrogens with one attached hydrogen (secondary N) is 1. The summed E-state index contributed by atoms with van der Waals surface area (Å²) in [5, 5.41) is 3.87. The lowest BCUT2D eigenvalue weighted by molar-refractivity contribution is 0.369. The zero-order valence-electron chi connectivity index (χ0n) is 18.1. The van der Waals surface area contributed by atoms with Crippen molar-refractivity contribution in [3.63, 3.8) is 0 Å². The molecule has 11 heteroatoms. The molecule has 0 atom stereocenters. The van der Waals surface area contributed by atoms with Crippen molar-refractivity contribution in [3.8, 4) is 17.2 Å². The molecule has 0 fully saturated rings. The SMILES string of the molecule is COc1cc(OC)c(CNc2ncnc3c2c(I)cn3S(=O)(=O)c2ccccc2)c(OC)c1. The number of anilines is 1. The molecule has 0 unspecified atom stereocenters. The van der Waals surface area contributed by atoms with E-state index in [1.54, 1.807) is 70.0 Å². The number of aromatic nitrogens is 3. The minimum Gasteiger partial charge on any atom is -0.496 e. The molecule has 0 saturated heterocycles. The molecule has 33 heavy (non-hydrogen) atoms. The minimum absolute atomic E-state index is 0.180. The second-order valence-electron chi connectivity index (χ2n) is 6.88. The summed E-state index contributed by atoms with van der Waals surface area (Å²) >= 11 is 2.08. The molecular weight excluding hydrogens is 559 g/mol. The second-order valence-corrected chi connectivity index (χ2v) is 9.85. The van der Waals surface area contributed by atoms with Crippen molar-refractivity contribution in [1.29, 1.82) is 0 Å². The van der Waals surface area contributed by atoms with Gasteiger partial charge >= 0.3 is 0 Å². The molecule has 0 aliphatic heterocycles. The predicted molar refractivity (Wildman–Crippen MR) is 133 cm³/mol. The van der Waals surface area contributed by atoms with Gasteiger partial charge < -0.3 is 19.5 Å². The van der Waals surface area contributed by atoms with E-state index in [1.807, 2.05) is 0 Å². The number of nitrogens with zero attached hydrogens (tertiary/aromatic N) is 3. The summed E-state index contributed by atoms with van der Waals surface area (Å²) in [5.74, 6) is 2.27. The van der Waals surface area contributed by atoms with E-state index in [0.717, 1.165) is 5.56 Å². The smallest absolute Gasteiger partial charge is 0.269 e. The fraction of sp³-hybridized carbons (Fsp3) is 0.182. The van der Waals surface area contributed by atoms with E-state index in [2.05, 4.69) is 37.9 Å². The van der Waals surface area contributed by atoms with Crippen LogP contribution in [0, 0.1) is 3.57 Å². The Morgan fingerprint density at radius 3 is 2.27 bits per heavy atom. The highest BCUT2D eigenvalue weighted by Crippen LogP contribution is 2.35. The van der Waals surface area contributed by atoms with Crippen LogP contribution in [-0.2, 0) is 16.6 Å². The first-order valence-electron chi connectivity index (χ1n) is 9.75. The summed E-state index contributed by atoms with van der Waals surface area (Å²) in [4.78, 5) is 8.80. The van der Waals surface area contributed by atoms with Crippen molar-refractivity contribution in [1.82, 2.24) is 13.9 Å². The van der Waals surface area contributed by atoms with Crippen LogP contribution in [-0.4, -0.2) is 43.7 Å². The van der Waals surface area contributed by atoms with Gasteiger partial charge in [0.05, 0.1) is 37.2 Å². The van der Waals surface area contributed by atoms with Crippen LogP contribution in [0.3, 0.4) is 0 Å². The number of fused-ring (bicyclic) bond motifs is 1. The Hall–Kier alpha value is -3.06. The molecule has 172 valence electrons. The fourth-order valence-corrected chi connectivity index (χ4v) is 5.74. The van der Waals surface area contributed by atoms with Crippen LogP contribution in [0.25, 0.3) is 11.0 Å². The van der Waals surface area contributed by atoms with Crippen LogP contribution in [0.4, 0.5) is 5.82 Å². The molecule has 2 aromatic carbocycles. The van der Waals surface area contributed by atoms with Gasteiger partial charge in [-0.3, -0.25) is 0 Å². The van der Waals surface area contributed by atoms with Crippen LogP contribution in [0.2, 0.25) is 0 Å². The van der Waals surface area contributed by atoms with Crippen molar-refractivity contribution in [3.05, 3.63) is 64.1 Å². The maximum Gasteiger partial charge on any atom is 0.269 e. The van der Waals surface area contributed by atoms with E-state index >= 15 is 0 Å². The number of benzene rings is 2. The van der Waals surface area contributed by atoms with Crippen LogP contribution >= 0.6 is 22.6 Å². The molecule has 4 aromatic rings. The Labute approximate surface area is 204 Å². The van der Waals surface area contributed by atoms with Crippen molar-refractivity contribution < 1.29 is 22.6 Å². The highest BCUT2D eigenvalue weighted by atomic mass is 127. The summed E-state index contributed by atoms with van der Waals surface area (Å²) in [6.45, 7) is 0.315. The Morgan fingerprint density at radius 2 is 1.67 bits per heavy atom. The molecule has 4 rings (SSSR count). The summed E-state index contributed by atoms with van der Waals surface area (Å²) in [7, 11) is 0.887. The largest absolute Gasteiger partial charge is 0.496 e. The van der Waals surface area contributed by atoms with E-state index in [0.29, 0.717) is 38.6 Å². The van der Waals surface area contributed by atoms with Gasteiger partial charge in [-0.05, 0) is 34.7 Å². The quantitative estimate of drug-likeness (QED) is 0.313. The Bertz CT molecular complexity index is 1380. The van der Waals surface area contributed by atoms with Crippen molar-refractivity contribution >= 4 is 49.5 Å². The van der Waals surface area contributed by atoms with Gasteiger partial charge in [-0.1, -0.05) is 18.2 Å². The van der Waals surface area contributed by atoms with Gasteiger partial charge in [-0.15, -0.1) is 0 Å². The molecule has 0 saturated carbocycles. The Kier molecular flexibility index (Phi) is 6.61. The maximum atomic E-state index is 13.2. The van der Waals surface area contributed by atoms with E-state index in [-0.39, 0.29) is 10.5 Å². The molecule has 0 amide bonds. The van der Waals surface area contributed by atoms with Gasteiger partial charge in [-0.25, -0.2) is 22.4 Å². The number of halogens is 1. The lowest BCUT2D eigenvalue weighted by Crippen LogP contribution is -2.12. The van der Waals surface area contributed by atoms with E-state index < -0.39 is 10.0 Å². The number of hydrogen-bond acceptors (Lipinski definition) is 8. The summed E-state index contributed by atoms with van der Waals surface area (Å²) in [6, 6.07) is 11.8. The lowest BCUT2D eigenvalue weighted by Gasteiger charge is -2.16. The van der Waals surface area contributed by atoms with Crippen LogP contribution in [0.15, 0.2) is 59.9 Å². The second kappa shape index (κ2) is 9.43. The van der Waals surface area contributed by atoms with Gasteiger partial charge in [-0.2, -0.15) is 0 Å². The lowest BCUT2D eigenvalue weighted by atomic mass is 10.1. The third-order valence-electron chi connectivity index (χ3n) is 5.06. The number of hydrogen-bond donors (Lipinski definition) is 1. The molecule has 0 bridgehead atoms. The highest BCUT2D eigenvalue weighted by Gasteiger charge is 2.23. The molecule has 9 nitrogen and oxygen atoms in total. The third-order valence-corrected chi connectivity index (χ3v) is 7.54. The molecule has 0 spiro atoms. The molecule has 0 radical (unpaired) electrons. The van der Waals surface area contributed by atoms with Gasteiger partial charge in [0.25, 0.3) is 10.0 Å². The monoisotopic (exact) mass is 580 g/mol. The first kappa shape index (κ1) is 23.1. The minimum atomic E-state index is -3.82. The third kappa shape index (κ3) is 4.29. The van der Waals surface area contributed by atoms with Crippen LogP contribution < -0.4 is 19.5 Å². The normalized spacial score (nSPS) is 11.4. The van der Waals surface area contributed by atoms with Crippen molar-refractivity contribution in [2.45, 2.75) is 11.4 Å². The molecule has 2 aromatic heterocycles. The number of methoxy groups -OCH3 is 3. The van der Waals surface area contributed by atoms with Crippen LogP contribution in [0.1, 0.15) is 5.56 Å². The average molecular weight is 580 g/mol. The van der Waals surface area contributed by atoms with Crippen molar-refractivity contribution in [2.24, 2.45) is 0 Å². The fourth-order valence-electron chi connectivity index (χ4n) is 3.44. The first-order chi connectivity index (χ1) is 15.9. The van der Waals surface area contributed by atoms with Gasteiger partial charge in [0.15, 0.2) is 5.65 Å². The molecule has 0 aliphatic rings. The zero-order chi connectivity index (χ0) is 23.6. The Balaban J connectivity index is 1.75. The standard InChI is InChI=1S/C22H21IN4O5S/c1-30-14-9-18(31-2)16(19(10-14)32-3)11-24-21-20-17(23)12-27(22(20)26-13-25-21)33(28,29)15-7-5-4-6-8-15/h4-10,12-13H,11H2,1-3H3,(H,24,25,26). The topological polar surface area (TPSA) is 105 Å². The van der Waals surface area contributed by atoms with Crippen LogP contribution in [0.5, 0.6) is 17.2 Å². The predicted octanol–water partition coefficient (Wildman–Crippen LogP) is 3.91. The van der Waals surface area contributed by atoms with E-state index in [1.165, 1.54) is 10.3 Å². The Morgan fingerprint density at radius 1 is 1.00 bits per heavy atom. The molecule has 1 N–H and O–H groups in total. The molecule has 2 heterocycles. The average Bonchev–Trinajstić information content (AvgIpc) is 3.20. The number of rotatable bonds is 8. The van der Waals surface area contributed by atoms with Gasteiger partial charge in [0, 0.05) is 28.4 Å². The van der Waals surface area contributed by atoms with E-state index in [9.17, 15) is 8.42 Å². The zero-order valence-corrected chi connectivity index (χ0v) is 21.0. The highest BCUT2D eigenvalue weighted by molar-refractivity contribution is 14.1. The first-order valence-corrected chi connectivity index (χ1v) is 12.3.